The molecule has 0 amide bonds. The fourth-order valence-electron chi connectivity index (χ4n) is 2.95. The first-order chi connectivity index (χ1) is 10.7. The molecule has 1 saturated heterocycles. The number of aromatic nitrogens is 2. The van der Waals surface area contributed by atoms with Gasteiger partial charge in [-0.3, -0.25) is 9.80 Å². The highest BCUT2D eigenvalue weighted by molar-refractivity contribution is 6.31. The maximum absolute atomic E-state index is 6.26. The summed E-state index contributed by atoms with van der Waals surface area (Å²) in [5, 5.41) is 0.858. The van der Waals surface area contributed by atoms with Crippen molar-refractivity contribution in [3.8, 4) is 0 Å². The summed E-state index contributed by atoms with van der Waals surface area (Å²) in [6.07, 6.45) is 4.77. The zero-order valence-corrected chi connectivity index (χ0v) is 13.6. The third-order valence-electron chi connectivity index (χ3n) is 4.23. The summed E-state index contributed by atoms with van der Waals surface area (Å²) in [5.74, 6) is 0.884. The summed E-state index contributed by atoms with van der Waals surface area (Å²) < 4.78 is 0. The summed E-state index contributed by atoms with van der Waals surface area (Å²) in [4.78, 5) is 13.4. The first kappa shape index (κ1) is 15.4. The predicted octanol–water partition coefficient (Wildman–Crippen LogP) is 2.84. The van der Waals surface area contributed by atoms with Gasteiger partial charge in [0.1, 0.15) is 5.82 Å². The molecule has 1 atom stereocenters. The van der Waals surface area contributed by atoms with E-state index in [-0.39, 0.29) is 0 Å². The molecule has 0 spiro atoms. The number of likely N-dealkylation sites (tertiary alicyclic amines) is 1. The molecule has 0 N–H and O–H groups in total. The normalized spacial score (nSPS) is 19.0. The Hall–Kier alpha value is -1.49. The van der Waals surface area contributed by atoms with E-state index in [1.54, 1.807) is 12.4 Å². The molecule has 22 heavy (non-hydrogen) atoms. The van der Waals surface area contributed by atoms with Crippen LogP contribution in [-0.4, -0.2) is 45.9 Å². The topological polar surface area (TPSA) is 32.3 Å². The van der Waals surface area contributed by atoms with Gasteiger partial charge in [0, 0.05) is 43.1 Å². The van der Waals surface area contributed by atoms with Crippen molar-refractivity contribution < 1.29 is 0 Å². The lowest BCUT2D eigenvalue weighted by Gasteiger charge is -2.24. The van der Waals surface area contributed by atoms with Crippen molar-refractivity contribution in [2.24, 2.45) is 0 Å². The molecule has 0 aliphatic carbocycles. The van der Waals surface area contributed by atoms with Crippen molar-refractivity contribution in [2.75, 3.05) is 20.1 Å². The highest BCUT2D eigenvalue weighted by Gasteiger charge is 2.26. The van der Waals surface area contributed by atoms with E-state index in [4.69, 9.17) is 11.6 Å². The summed E-state index contributed by atoms with van der Waals surface area (Å²) in [5.41, 5.74) is 1.21. The highest BCUT2D eigenvalue weighted by Crippen LogP contribution is 2.21. The van der Waals surface area contributed by atoms with Gasteiger partial charge in [0.15, 0.2) is 0 Å². The average molecular weight is 317 g/mol. The quantitative estimate of drug-likeness (QED) is 0.849. The molecule has 2 heterocycles. The molecule has 2 aromatic rings. The van der Waals surface area contributed by atoms with E-state index in [9.17, 15) is 0 Å². The van der Waals surface area contributed by atoms with Gasteiger partial charge in [-0.1, -0.05) is 29.8 Å². The van der Waals surface area contributed by atoms with E-state index < -0.39 is 0 Å². The summed E-state index contributed by atoms with van der Waals surface area (Å²) in [6.45, 7) is 3.89. The number of benzene rings is 1. The molecule has 1 aliphatic rings. The molecule has 0 radical (unpaired) electrons. The third kappa shape index (κ3) is 3.83. The standard InChI is InChI=1S/C17H21ClN4/c1-21(13-17-19-8-4-9-20-17)15-7-10-22(12-15)11-14-5-2-3-6-16(14)18/h2-6,8-9,15H,7,10-13H2,1H3. The number of hydrogen-bond donors (Lipinski definition) is 0. The number of rotatable bonds is 5. The summed E-state index contributed by atoms with van der Waals surface area (Å²) in [6, 6.07) is 10.5. The van der Waals surface area contributed by atoms with Crippen molar-refractivity contribution >= 4 is 11.6 Å². The molecule has 0 bridgehead atoms. The second-order valence-electron chi connectivity index (χ2n) is 5.85. The van der Waals surface area contributed by atoms with Gasteiger partial charge >= 0.3 is 0 Å². The molecule has 1 fully saturated rings. The van der Waals surface area contributed by atoms with Crippen LogP contribution in [-0.2, 0) is 13.1 Å². The van der Waals surface area contributed by atoms with Gasteiger partial charge in [-0.2, -0.15) is 0 Å². The Balaban J connectivity index is 1.55. The maximum atomic E-state index is 6.26. The van der Waals surface area contributed by atoms with Crippen LogP contribution in [0.2, 0.25) is 5.02 Å². The molecule has 0 saturated carbocycles. The van der Waals surface area contributed by atoms with Crippen LogP contribution in [0.1, 0.15) is 17.8 Å². The Morgan fingerprint density at radius 2 is 2.00 bits per heavy atom. The number of hydrogen-bond acceptors (Lipinski definition) is 4. The van der Waals surface area contributed by atoms with Crippen molar-refractivity contribution in [2.45, 2.75) is 25.6 Å². The van der Waals surface area contributed by atoms with Gasteiger partial charge in [0.25, 0.3) is 0 Å². The van der Waals surface area contributed by atoms with E-state index in [1.807, 2.05) is 24.3 Å². The van der Waals surface area contributed by atoms with Gasteiger partial charge in [-0.25, -0.2) is 9.97 Å². The van der Waals surface area contributed by atoms with Gasteiger partial charge in [-0.15, -0.1) is 0 Å². The van der Waals surface area contributed by atoms with Crippen LogP contribution < -0.4 is 0 Å². The molecular formula is C17H21ClN4. The number of likely N-dealkylation sites (N-methyl/N-ethyl adjacent to an activating group) is 1. The van der Waals surface area contributed by atoms with Crippen LogP contribution in [0.25, 0.3) is 0 Å². The smallest absolute Gasteiger partial charge is 0.142 e. The molecule has 3 rings (SSSR count). The summed E-state index contributed by atoms with van der Waals surface area (Å²) in [7, 11) is 2.15. The van der Waals surface area contributed by atoms with Crippen molar-refractivity contribution in [1.82, 2.24) is 19.8 Å². The number of nitrogens with zero attached hydrogens (tertiary/aromatic N) is 4. The van der Waals surface area contributed by atoms with E-state index >= 15 is 0 Å². The van der Waals surface area contributed by atoms with E-state index in [1.165, 1.54) is 12.0 Å². The Morgan fingerprint density at radius 1 is 1.23 bits per heavy atom. The fraction of sp³-hybridized carbons (Fsp3) is 0.412. The SMILES string of the molecule is CN(Cc1ncccn1)C1CCN(Cc2ccccc2Cl)C1. The molecule has 4 nitrogen and oxygen atoms in total. The van der Waals surface area contributed by atoms with Crippen LogP contribution >= 0.6 is 11.6 Å². The van der Waals surface area contributed by atoms with Crippen molar-refractivity contribution in [1.29, 1.82) is 0 Å². The lowest BCUT2D eigenvalue weighted by Crippen LogP contribution is -2.34. The van der Waals surface area contributed by atoms with E-state index in [0.717, 1.165) is 37.0 Å². The maximum Gasteiger partial charge on any atom is 0.142 e. The minimum absolute atomic E-state index is 0.547. The van der Waals surface area contributed by atoms with E-state index in [0.29, 0.717) is 6.04 Å². The Kier molecular flexibility index (Phi) is 5.03. The molecule has 1 unspecified atom stereocenters. The monoisotopic (exact) mass is 316 g/mol. The van der Waals surface area contributed by atoms with Gasteiger partial charge in [0.2, 0.25) is 0 Å². The Morgan fingerprint density at radius 3 is 2.77 bits per heavy atom. The van der Waals surface area contributed by atoms with Gasteiger partial charge in [0.05, 0.1) is 6.54 Å². The van der Waals surface area contributed by atoms with Gasteiger partial charge in [-0.05, 0) is 31.2 Å². The van der Waals surface area contributed by atoms with Crippen LogP contribution in [0.4, 0.5) is 0 Å². The molecule has 116 valence electrons. The minimum atomic E-state index is 0.547. The van der Waals surface area contributed by atoms with Gasteiger partial charge < -0.3 is 0 Å². The first-order valence-electron chi connectivity index (χ1n) is 7.64. The van der Waals surface area contributed by atoms with Crippen LogP contribution in [0.5, 0.6) is 0 Å². The first-order valence-corrected chi connectivity index (χ1v) is 8.02. The van der Waals surface area contributed by atoms with Crippen LogP contribution in [0, 0.1) is 0 Å². The Labute approximate surface area is 136 Å². The van der Waals surface area contributed by atoms with Crippen molar-refractivity contribution in [3.63, 3.8) is 0 Å². The lowest BCUT2D eigenvalue weighted by molar-refractivity contribution is 0.218. The average Bonchev–Trinajstić information content (AvgIpc) is 2.99. The Bertz CT molecular complexity index is 605. The predicted molar refractivity (Wildman–Crippen MR) is 88.6 cm³/mol. The third-order valence-corrected chi connectivity index (χ3v) is 4.60. The second kappa shape index (κ2) is 7.18. The summed E-state index contributed by atoms with van der Waals surface area (Å²) >= 11 is 6.26. The fourth-order valence-corrected chi connectivity index (χ4v) is 3.14. The molecule has 1 aliphatic heterocycles. The minimum Gasteiger partial charge on any atom is -0.297 e. The highest BCUT2D eigenvalue weighted by atomic mass is 35.5. The molecular weight excluding hydrogens is 296 g/mol. The van der Waals surface area contributed by atoms with Crippen LogP contribution in [0.3, 0.4) is 0 Å². The molecule has 1 aromatic heterocycles. The lowest BCUT2D eigenvalue weighted by atomic mass is 10.2. The van der Waals surface area contributed by atoms with Crippen molar-refractivity contribution in [3.05, 3.63) is 59.1 Å². The second-order valence-corrected chi connectivity index (χ2v) is 6.26. The largest absolute Gasteiger partial charge is 0.297 e. The van der Waals surface area contributed by atoms with E-state index in [2.05, 4.69) is 32.9 Å². The van der Waals surface area contributed by atoms with Crippen LogP contribution in [0.15, 0.2) is 42.7 Å². The molecule has 5 heteroatoms. The molecule has 1 aromatic carbocycles. The number of halogens is 1. The zero-order chi connectivity index (χ0) is 15.4. The zero-order valence-electron chi connectivity index (χ0n) is 12.8.